The lowest BCUT2D eigenvalue weighted by molar-refractivity contribution is -0.138. The van der Waals surface area contributed by atoms with Crippen molar-refractivity contribution in [1.29, 1.82) is 0 Å². The van der Waals surface area contributed by atoms with Gasteiger partial charge in [-0.05, 0) is 22.0 Å². The van der Waals surface area contributed by atoms with Gasteiger partial charge in [-0.15, -0.1) is 0 Å². The normalized spacial score (nSPS) is 11.3. The molecule has 0 saturated carbocycles. The molecule has 0 atom stereocenters. The minimum absolute atomic E-state index is 0.00583. The first-order valence-electron chi connectivity index (χ1n) is 5.56. The van der Waals surface area contributed by atoms with Gasteiger partial charge in [0.25, 0.3) is 0 Å². The third-order valence-corrected chi connectivity index (χ3v) is 3.45. The molecule has 0 aliphatic rings. The minimum atomic E-state index is -0.959. The fourth-order valence-electron chi connectivity index (χ4n) is 1.95. The molecule has 1 N–H and O–H groups in total. The van der Waals surface area contributed by atoms with Gasteiger partial charge in [0.05, 0.1) is 25.1 Å². The van der Waals surface area contributed by atoms with E-state index in [-0.39, 0.29) is 17.9 Å². The summed E-state index contributed by atoms with van der Waals surface area (Å²) < 4.78 is 24.7. The van der Waals surface area contributed by atoms with Crippen molar-refractivity contribution in [2.45, 2.75) is 25.7 Å². The number of carboxylic acids is 1. The fourth-order valence-corrected chi connectivity index (χ4v) is 2.51. The molecular weight excluding hydrogens is 319 g/mol. The Morgan fingerprint density at radius 3 is 2.32 bits per heavy atom. The van der Waals surface area contributed by atoms with Gasteiger partial charge in [-0.1, -0.05) is 13.8 Å². The summed E-state index contributed by atoms with van der Waals surface area (Å²) in [7, 11) is 2.69. The summed E-state index contributed by atoms with van der Waals surface area (Å²) >= 11 is 3.21. The highest BCUT2D eigenvalue weighted by atomic mass is 79.9. The first kappa shape index (κ1) is 15.8. The molecule has 0 aromatic heterocycles. The number of rotatable bonds is 5. The number of methoxy groups -OCH3 is 2. The topological polar surface area (TPSA) is 55.8 Å². The SMILES string of the molecule is COc1c(Br)cc(C(C)(C)CC(=O)O)c(OC)c1F. The lowest BCUT2D eigenvalue weighted by Crippen LogP contribution is -2.23. The van der Waals surface area contributed by atoms with Crippen molar-refractivity contribution in [2.75, 3.05) is 14.2 Å². The molecule has 0 amide bonds. The van der Waals surface area contributed by atoms with Gasteiger partial charge in [-0.3, -0.25) is 4.79 Å². The van der Waals surface area contributed by atoms with Crippen molar-refractivity contribution in [3.8, 4) is 11.5 Å². The highest BCUT2D eigenvalue weighted by molar-refractivity contribution is 9.10. The van der Waals surface area contributed by atoms with Gasteiger partial charge >= 0.3 is 5.97 Å². The Hall–Kier alpha value is -1.30. The van der Waals surface area contributed by atoms with Crippen LogP contribution in [0.5, 0.6) is 11.5 Å². The largest absolute Gasteiger partial charge is 0.493 e. The van der Waals surface area contributed by atoms with Crippen LogP contribution in [0.2, 0.25) is 0 Å². The summed E-state index contributed by atoms with van der Waals surface area (Å²) in [6.45, 7) is 3.44. The van der Waals surface area contributed by atoms with Gasteiger partial charge in [0.2, 0.25) is 5.82 Å². The number of hydrogen-bond acceptors (Lipinski definition) is 3. The van der Waals surface area contributed by atoms with Crippen molar-refractivity contribution in [1.82, 2.24) is 0 Å². The lowest BCUT2D eigenvalue weighted by Gasteiger charge is -2.26. The molecule has 0 spiro atoms. The van der Waals surface area contributed by atoms with E-state index >= 15 is 0 Å². The van der Waals surface area contributed by atoms with Crippen LogP contribution >= 0.6 is 15.9 Å². The zero-order valence-electron chi connectivity index (χ0n) is 11.2. The van der Waals surface area contributed by atoms with E-state index in [1.54, 1.807) is 19.9 Å². The van der Waals surface area contributed by atoms with Crippen molar-refractivity contribution < 1.29 is 23.8 Å². The number of halogens is 2. The van der Waals surface area contributed by atoms with Gasteiger partial charge in [0.15, 0.2) is 11.5 Å². The molecule has 1 rings (SSSR count). The maximum Gasteiger partial charge on any atom is 0.304 e. The molecule has 0 bridgehead atoms. The van der Waals surface area contributed by atoms with Gasteiger partial charge < -0.3 is 14.6 Å². The van der Waals surface area contributed by atoms with Crippen LogP contribution in [-0.2, 0) is 10.2 Å². The average molecular weight is 335 g/mol. The van der Waals surface area contributed by atoms with E-state index < -0.39 is 17.2 Å². The van der Waals surface area contributed by atoms with Crippen LogP contribution < -0.4 is 9.47 Å². The number of hydrogen-bond donors (Lipinski definition) is 1. The van der Waals surface area contributed by atoms with E-state index in [1.165, 1.54) is 14.2 Å². The molecule has 19 heavy (non-hydrogen) atoms. The maximum atomic E-state index is 14.2. The molecule has 0 aliphatic carbocycles. The maximum absolute atomic E-state index is 14.2. The van der Waals surface area contributed by atoms with E-state index in [2.05, 4.69) is 15.9 Å². The first-order chi connectivity index (χ1) is 8.74. The molecule has 0 unspecified atom stereocenters. The number of carboxylic acid groups (broad SMARTS) is 1. The van der Waals surface area contributed by atoms with E-state index in [9.17, 15) is 9.18 Å². The van der Waals surface area contributed by atoms with Crippen molar-refractivity contribution in [3.05, 3.63) is 21.9 Å². The monoisotopic (exact) mass is 334 g/mol. The molecule has 0 fully saturated rings. The standard InChI is InChI=1S/C13H16BrFO4/c1-13(2,6-9(16)17)7-5-8(14)12(19-4)10(15)11(7)18-3/h5H,6H2,1-4H3,(H,16,17). The second-order valence-electron chi connectivity index (χ2n) is 4.74. The zero-order valence-corrected chi connectivity index (χ0v) is 12.8. The predicted molar refractivity (Wildman–Crippen MR) is 72.5 cm³/mol. The van der Waals surface area contributed by atoms with Crippen molar-refractivity contribution in [2.24, 2.45) is 0 Å². The summed E-state index contributed by atoms with van der Waals surface area (Å²) in [5, 5.41) is 8.94. The summed E-state index contributed by atoms with van der Waals surface area (Å²) in [6, 6.07) is 1.63. The van der Waals surface area contributed by atoms with Crippen LogP contribution in [0.3, 0.4) is 0 Å². The van der Waals surface area contributed by atoms with Crippen LogP contribution in [-0.4, -0.2) is 25.3 Å². The summed E-state index contributed by atoms with van der Waals surface area (Å²) in [4.78, 5) is 10.9. The summed E-state index contributed by atoms with van der Waals surface area (Å²) in [5.74, 6) is -1.56. The second kappa shape index (κ2) is 5.77. The quantitative estimate of drug-likeness (QED) is 0.897. The van der Waals surface area contributed by atoms with Gasteiger partial charge in [0, 0.05) is 11.0 Å². The summed E-state index contributed by atoms with van der Waals surface area (Å²) in [5.41, 5.74) is -0.296. The Balaban J connectivity index is 3.47. The molecule has 0 aliphatic heterocycles. The molecule has 1 aromatic rings. The Morgan fingerprint density at radius 2 is 1.89 bits per heavy atom. The molecule has 106 valence electrons. The van der Waals surface area contributed by atoms with Crippen LogP contribution in [0.1, 0.15) is 25.8 Å². The lowest BCUT2D eigenvalue weighted by atomic mass is 9.81. The van der Waals surface area contributed by atoms with Gasteiger partial charge in [0.1, 0.15) is 0 Å². The third-order valence-electron chi connectivity index (χ3n) is 2.86. The number of carbonyl (C=O) groups is 1. The smallest absolute Gasteiger partial charge is 0.304 e. The fraction of sp³-hybridized carbons (Fsp3) is 0.462. The number of aliphatic carboxylic acids is 1. The van der Waals surface area contributed by atoms with Crippen molar-refractivity contribution >= 4 is 21.9 Å². The second-order valence-corrected chi connectivity index (χ2v) is 5.60. The third kappa shape index (κ3) is 3.18. The molecule has 4 nitrogen and oxygen atoms in total. The molecule has 0 heterocycles. The van der Waals surface area contributed by atoms with Crippen LogP contribution in [0.15, 0.2) is 10.5 Å². The van der Waals surface area contributed by atoms with Crippen LogP contribution in [0.25, 0.3) is 0 Å². The van der Waals surface area contributed by atoms with E-state index in [0.717, 1.165) is 0 Å². The van der Waals surface area contributed by atoms with Crippen molar-refractivity contribution in [3.63, 3.8) is 0 Å². The summed E-state index contributed by atoms with van der Waals surface area (Å²) in [6.07, 6.45) is -0.137. The van der Waals surface area contributed by atoms with Gasteiger partial charge in [-0.25, -0.2) is 0 Å². The Morgan fingerprint density at radius 1 is 1.37 bits per heavy atom. The van der Waals surface area contributed by atoms with E-state index in [0.29, 0.717) is 10.0 Å². The highest BCUT2D eigenvalue weighted by Gasteiger charge is 2.31. The zero-order chi connectivity index (χ0) is 14.8. The first-order valence-corrected chi connectivity index (χ1v) is 6.36. The predicted octanol–water partition coefficient (Wildman–Crippen LogP) is 3.36. The Kier molecular flexibility index (Phi) is 4.79. The molecule has 6 heteroatoms. The minimum Gasteiger partial charge on any atom is -0.493 e. The van der Waals surface area contributed by atoms with E-state index in [4.69, 9.17) is 14.6 Å². The molecule has 0 radical (unpaired) electrons. The Labute approximate surface area is 119 Å². The van der Waals surface area contributed by atoms with E-state index in [1.807, 2.05) is 0 Å². The van der Waals surface area contributed by atoms with Crippen LogP contribution in [0.4, 0.5) is 4.39 Å². The molecule has 1 aromatic carbocycles. The Bertz CT molecular complexity index is 500. The number of benzene rings is 1. The van der Waals surface area contributed by atoms with Crippen LogP contribution in [0, 0.1) is 5.82 Å². The average Bonchev–Trinajstić information content (AvgIpc) is 2.27. The molecule has 0 saturated heterocycles. The highest BCUT2D eigenvalue weighted by Crippen LogP contribution is 2.43. The number of ether oxygens (including phenoxy) is 2. The van der Waals surface area contributed by atoms with Gasteiger partial charge in [-0.2, -0.15) is 4.39 Å². The molecular formula is C13H16BrFO4.